The van der Waals surface area contributed by atoms with E-state index in [-0.39, 0.29) is 23.2 Å². The molecular weight excluding hydrogens is 354 g/mol. The third-order valence-electron chi connectivity index (χ3n) is 3.37. The van der Waals surface area contributed by atoms with Crippen LogP contribution >= 0.6 is 11.8 Å². The maximum absolute atomic E-state index is 11.9. The number of carbonyl (C=O) groups is 2. The fraction of sp³-hybridized carbons (Fsp3) is 0.333. The number of unbranched alkanes of at least 4 members (excludes halogenated alkanes) is 2. The molecule has 8 heteroatoms. The third kappa shape index (κ3) is 6.72. The molecule has 1 aromatic heterocycles. The van der Waals surface area contributed by atoms with Gasteiger partial charge in [0.2, 0.25) is 5.91 Å². The van der Waals surface area contributed by atoms with Crippen molar-refractivity contribution >= 4 is 29.3 Å². The quantitative estimate of drug-likeness (QED) is 0.302. The van der Waals surface area contributed by atoms with E-state index in [4.69, 9.17) is 4.74 Å². The Morgan fingerprint density at radius 3 is 2.65 bits per heavy atom. The molecule has 0 saturated heterocycles. The standard InChI is InChI=1S/C18H21N3O4S/c1-2-3-4-11-25-17(24)13-5-7-14(8-6-13)20-16(23)12-26-18-19-10-9-15(22)21-18/h5-10H,2-4,11-12H2,1H3,(H,20,23)(H,19,21,22). The highest BCUT2D eigenvalue weighted by molar-refractivity contribution is 7.99. The Morgan fingerprint density at radius 2 is 1.96 bits per heavy atom. The molecule has 2 rings (SSSR count). The Bertz CT molecular complexity index is 790. The Balaban J connectivity index is 1.79. The Morgan fingerprint density at radius 1 is 1.19 bits per heavy atom. The first-order valence-electron chi connectivity index (χ1n) is 8.33. The molecule has 7 nitrogen and oxygen atoms in total. The maximum atomic E-state index is 11.9. The Labute approximate surface area is 155 Å². The molecule has 2 aromatic rings. The van der Waals surface area contributed by atoms with Crippen molar-refractivity contribution in [1.29, 1.82) is 0 Å². The summed E-state index contributed by atoms with van der Waals surface area (Å²) < 4.78 is 5.18. The summed E-state index contributed by atoms with van der Waals surface area (Å²) in [6.07, 6.45) is 4.35. The summed E-state index contributed by atoms with van der Waals surface area (Å²) in [5.74, 6) is -0.501. The van der Waals surface area contributed by atoms with Gasteiger partial charge in [0, 0.05) is 18.0 Å². The number of hydrogen-bond acceptors (Lipinski definition) is 6. The summed E-state index contributed by atoms with van der Waals surface area (Å²) in [5, 5.41) is 3.10. The minimum Gasteiger partial charge on any atom is -0.462 e. The van der Waals surface area contributed by atoms with Gasteiger partial charge in [-0.2, -0.15) is 0 Å². The fourth-order valence-electron chi connectivity index (χ4n) is 2.05. The van der Waals surface area contributed by atoms with E-state index in [2.05, 4.69) is 22.2 Å². The molecule has 0 unspecified atom stereocenters. The fourth-order valence-corrected chi connectivity index (χ4v) is 2.69. The van der Waals surface area contributed by atoms with Gasteiger partial charge in [0.05, 0.1) is 17.9 Å². The van der Waals surface area contributed by atoms with E-state index in [1.807, 2.05) is 0 Å². The van der Waals surface area contributed by atoms with E-state index in [1.165, 1.54) is 12.3 Å². The lowest BCUT2D eigenvalue weighted by molar-refractivity contribution is -0.113. The average molecular weight is 375 g/mol. The molecule has 138 valence electrons. The van der Waals surface area contributed by atoms with Crippen molar-refractivity contribution in [2.45, 2.75) is 31.3 Å². The lowest BCUT2D eigenvalue weighted by Crippen LogP contribution is -2.15. The Kier molecular flexibility index (Phi) is 7.88. The van der Waals surface area contributed by atoms with Gasteiger partial charge in [-0.25, -0.2) is 9.78 Å². The number of ether oxygens (including phenoxy) is 1. The van der Waals surface area contributed by atoms with Crippen LogP contribution in [-0.2, 0) is 9.53 Å². The number of aromatic amines is 1. The maximum Gasteiger partial charge on any atom is 0.338 e. The van der Waals surface area contributed by atoms with Crippen LogP contribution in [0, 0.1) is 0 Å². The molecule has 1 amide bonds. The Hall–Kier alpha value is -2.61. The molecule has 0 aliphatic carbocycles. The predicted octanol–water partition coefficient (Wildman–Crippen LogP) is 2.85. The van der Waals surface area contributed by atoms with Crippen molar-refractivity contribution in [2.75, 3.05) is 17.7 Å². The predicted molar refractivity (Wildman–Crippen MR) is 100 cm³/mol. The van der Waals surface area contributed by atoms with E-state index < -0.39 is 0 Å². The summed E-state index contributed by atoms with van der Waals surface area (Å²) in [6.45, 7) is 2.50. The van der Waals surface area contributed by atoms with Gasteiger partial charge in [-0.1, -0.05) is 31.5 Å². The van der Waals surface area contributed by atoms with Crippen LogP contribution in [0.2, 0.25) is 0 Å². The normalized spacial score (nSPS) is 10.3. The topological polar surface area (TPSA) is 101 Å². The lowest BCUT2D eigenvalue weighted by Gasteiger charge is -2.07. The third-order valence-corrected chi connectivity index (χ3v) is 4.26. The second kappa shape index (κ2) is 10.4. The molecule has 1 aromatic carbocycles. The van der Waals surface area contributed by atoms with Crippen molar-refractivity contribution in [1.82, 2.24) is 9.97 Å². The number of carbonyl (C=O) groups excluding carboxylic acids is 2. The van der Waals surface area contributed by atoms with Gasteiger partial charge in [0.1, 0.15) is 0 Å². The number of aromatic nitrogens is 2. The number of rotatable bonds is 9. The van der Waals surface area contributed by atoms with Gasteiger partial charge < -0.3 is 15.0 Å². The van der Waals surface area contributed by atoms with Gasteiger partial charge in [-0.05, 0) is 30.7 Å². The second-order valence-corrected chi connectivity index (χ2v) is 6.46. The van der Waals surface area contributed by atoms with Crippen LogP contribution in [-0.4, -0.2) is 34.2 Å². The number of nitrogens with one attached hydrogen (secondary N) is 2. The number of benzene rings is 1. The van der Waals surface area contributed by atoms with E-state index in [0.717, 1.165) is 31.0 Å². The molecule has 0 atom stereocenters. The van der Waals surface area contributed by atoms with Crippen molar-refractivity contribution < 1.29 is 14.3 Å². The molecule has 2 N–H and O–H groups in total. The molecule has 0 bridgehead atoms. The van der Waals surface area contributed by atoms with Gasteiger partial charge in [-0.15, -0.1) is 0 Å². The highest BCUT2D eigenvalue weighted by atomic mass is 32.2. The van der Waals surface area contributed by atoms with Crippen molar-refractivity contribution in [3.05, 3.63) is 52.4 Å². The number of anilines is 1. The molecule has 0 aliphatic rings. The lowest BCUT2D eigenvalue weighted by atomic mass is 10.2. The van der Waals surface area contributed by atoms with E-state index in [1.54, 1.807) is 24.3 Å². The monoisotopic (exact) mass is 375 g/mol. The van der Waals surface area contributed by atoms with Gasteiger partial charge in [-0.3, -0.25) is 9.59 Å². The van der Waals surface area contributed by atoms with Crippen LogP contribution in [0.4, 0.5) is 5.69 Å². The molecule has 0 aliphatic heterocycles. The summed E-state index contributed by atoms with van der Waals surface area (Å²) in [5.41, 5.74) is 0.757. The van der Waals surface area contributed by atoms with Crippen molar-refractivity contribution in [3.63, 3.8) is 0 Å². The first-order chi connectivity index (χ1) is 12.6. The molecular formula is C18H21N3O4S. The first kappa shape index (κ1) is 19.7. The number of esters is 1. The van der Waals surface area contributed by atoms with Crippen LogP contribution in [0.25, 0.3) is 0 Å². The van der Waals surface area contributed by atoms with Gasteiger partial charge in [0.25, 0.3) is 5.56 Å². The zero-order chi connectivity index (χ0) is 18.8. The molecule has 26 heavy (non-hydrogen) atoms. The van der Waals surface area contributed by atoms with Crippen molar-refractivity contribution in [2.24, 2.45) is 0 Å². The molecule has 0 saturated carbocycles. The number of amides is 1. The minimum absolute atomic E-state index is 0.105. The van der Waals surface area contributed by atoms with E-state index in [0.29, 0.717) is 23.0 Å². The van der Waals surface area contributed by atoms with Gasteiger partial charge >= 0.3 is 5.97 Å². The van der Waals surface area contributed by atoms with Crippen LogP contribution in [0.5, 0.6) is 0 Å². The first-order valence-corrected chi connectivity index (χ1v) is 9.32. The summed E-state index contributed by atoms with van der Waals surface area (Å²) in [4.78, 5) is 41.5. The molecule has 0 radical (unpaired) electrons. The second-order valence-electron chi connectivity index (χ2n) is 5.50. The number of nitrogens with zero attached hydrogens (tertiary/aromatic N) is 1. The van der Waals surface area contributed by atoms with E-state index >= 15 is 0 Å². The number of thioether (sulfide) groups is 1. The SMILES string of the molecule is CCCCCOC(=O)c1ccc(NC(=O)CSc2nccc(=O)[nH]2)cc1. The van der Waals surface area contributed by atoms with Crippen LogP contribution in [0.1, 0.15) is 36.5 Å². The zero-order valence-corrected chi connectivity index (χ0v) is 15.3. The summed E-state index contributed by atoms with van der Waals surface area (Å²) in [6, 6.07) is 7.82. The largest absolute Gasteiger partial charge is 0.462 e. The van der Waals surface area contributed by atoms with Crippen molar-refractivity contribution in [3.8, 4) is 0 Å². The zero-order valence-electron chi connectivity index (χ0n) is 14.5. The smallest absolute Gasteiger partial charge is 0.338 e. The highest BCUT2D eigenvalue weighted by Crippen LogP contribution is 2.14. The van der Waals surface area contributed by atoms with Crippen LogP contribution < -0.4 is 10.9 Å². The molecule has 0 spiro atoms. The molecule has 0 fully saturated rings. The summed E-state index contributed by atoms with van der Waals surface area (Å²) in [7, 11) is 0. The number of hydrogen-bond donors (Lipinski definition) is 2. The van der Waals surface area contributed by atoms with Crippen LogP contribution in [0.15, 0.2) is 46.5 Å². The summed E-state index contributed by atoms with van der Waals surface area (Å²) >= 11 is 1.13. The molecule has 1 heterocycles. The van der Waals surface area contributed by atoms with Gasteiger partial charge in [0.15, 0.2) is 5.16 Å². The number of H-pyrrole nitrogens is 1. The highest BCUT2D eigenvalue weighted by Gasteiger charge is 2.08. The minimum atomic E-state index is -0.367. The van der Waals surface area contributed by atoms with E-state index in [9.17, 15) is 14.4 Å². The van der Waals surface area contributed by atoms with Crippen LogP contribution in [0.3, 0.4) is 0 Å². The average Bonchev–Trinajstić information content (AvgIpc) is 2.64.